The van der Waals surface area contributed by atoms with Gasteiger partial charge < -0.3 is 20.3 Å². The lowest BCUT2D eigenvalue weighted by molar-refractivity contribution is 0.0695. The molecule has 3 fully saturated rings. The number of pyridine rings is 1. The van der Waals surface area contributed by atoms with Crippen LogP contribution in [0.15, 0.2) is 17.1 Å². The number of hydrogen-bond acceptors (Lipinski definition) is 4. The molecule has 3 N–H and O–H groups in total. The highest BCUT2D eigenvalue weighted by Gasteiger charge is 2.42. The summed E-state index contributed by atoms with van der Waals surface area (Å²) in [6.07, 6.45) is 5.36. The highest BCUT2D eigenvalue weighted by Crippen LogP contribution is 2.43. The van der Waals surface area contributed by atoms with E-state index in [4.69, 9.17) is 5.73 Å². The van der Waals surface area contributed by atoms with Crippen molar-refractivity contribution >= 4 is 22.6 Å². The first-order valence-electron chi connectivity index (χ1n) is 9.98. The molecule has 1 saturated heterocycles. The van der Waals surface area contributed by atoms with Gasteiger partial charge in [-0.25, -0.2) is 9.18 Å². The molecule has 1 aromatic heterocycles. The van der Waals surface area contributed by atoms with E-state index in [1.54, 1.807) is 13.0 Å². The standard InChI is InChI=1S/C21H24FN3O3/c1-10-18-16(25(12-2-3-12)9-14(20(18)26)21(27)28)7-17(19(10)22)24-5-4-11-6-15(23)13(11)8-24/h7,9,11-13,15H,2-6,8,23H2,1H3,(H,27,28)/t11-,13-,15+/m1/s1. The van der Waals surface area contributed by atoms with Gasteiger partial charge in [-0.2, -0.15) is 0 Å². The number of carbonyl (C=O) groups is 1. The van der Waals surface area contributed by atoms with Crippen LogP contribution in [0.4, 0.5) is 10.1 Å². The summed E-state index contributed by atoms with van der Waals surface area (Å²) in [5.41, 5.74) is 6.60. The molecular weight excluding hydrogens is 361 g/mol. The Balaban J connectivity index is 1.69. The molecule has 5 rings (SSSR count). The van der Waals surface area contributed by atoms with Crippen LogP contribution in [0, 0.1) is 24.6 Å². The molecule has 0 spiro atoms. The summed E-state index contributed by atoms with van der Waals surface area (Å²) < 4.78 is 17.2. The Kier molecular flexibility index (Phi) is 3.81. The largest absolute Gasteiger partial charge is 0.477 e. The molecule has 0 radical (unpaired) electrons. The Bertz CT molecular complexity index is 1060. The van der Waals surface area contributed by atoms with Crippen molar-refractivity contribution in [1.29, 1.82) is 0 Å². The van der Waals surface area contributed by atoms with Crippen LogP contribution in [0.5, 0.6) is 0 Å². The van der Waals surface area contributed by atoms with Crippen LogP contribution >= 0.6 is 0 Å². The SMILES string of the molecule is Cc1c(F)c(N2CC[C@@H]3C[C@H](N)[C@@H]3C2)cc2c1c(=O)c(C(=O)O)cn2C1CC1. The molecule has 2 aromatic rings. The number of carboxylic acids is 1. The number of benzene rings is 1. The fourth-order valence-electron chi connectivity index (χ4n) is 5.04. The van der Waals surface area contributed by atoms with Crippen LogP contribution in [0.3, 0.4) is 0 Å². The number of aromatic nitrogens is 1. The van der Waals surface area contributed by atoms with E-state index in [0.29, 0.717) is 23.0 Å². The van der Waals surface area contributed by atoms with Gasteiger partial charge in [0.25, 0.3) is 0 Å². The number of piperidine rings is 1. The van der Waals surface area contributed by atoms with Gasteiger partial charge in [0, 0.05) is 36.9 Å². The minimum atomic E-state index is -1.27. The first-order valence-corrected chi connectivity index (χ1v) is 9.98. The third-order valence-corrected chi connectivity index (χ3v) is 6.92. The summed E-state index contributed by atoms with van der Waals surface area (Å²) in [4.78, 5) is 26.4. The van der Waals surface area contributed by atoms with Gasteiger partial charge in [0.15, 0.2) is 0 Å². The van der Waals surface area contributed by atoms with Crippen molar-refractivity contribution in [2.45, 2.75) is 44.7 Å². The number of nitrogens with two attached hydrogens (primary N) is 1. The van der Waals surface area contributed by atoms with Crippen LogP contribution in [-0.4, -0.2) is 34.8 Å². The van der Waals surface area contributed by atoms with Crippen LogP contribution in [0.2, 0.25) is 0 Å². The lowest BCUT2D eigenvalue weighted by Gasteiger charge is -2.50. The van der Waals surface area contributed by atoms with Crippen LogP contribution < -0.4 is 16.1 Å². The van der Waals surface area contributed by atoms with Gasteiger partial charge in [0.05, 0.1) is 16.6 Å². The summed E-state index contributed by atoms with van der Waals surface area (Å²) in [5.74, 6) is -0.671. The number of nitrogens with zero attached hydrogens (tertiary/aromatic N) is 2. The first-order chi connectivity index (χ1) is 13.4. The number of halogens is 1. The predicted molar refractivity (Wildman–Crippen MR) is 105 cm³/mol. The highest BCUT2D eigenvalue weighted by atomic mass is 19.1. The number of carboxylic acid groups (broad SMARTS) is 1. The van der Waals surface area contributed by atoms with E-state index in [1.165, 1.54) is 6.20 Å². The Morgan fingerprint density at radius 1 is 1.32 bits per heavy atom. The molecule has 2 saturated carbocycles. The summed E-state index contributed by atoms with van der Waals surface area (Å²) >= 11 is 0. The van der Waals surface area contributed by atoms with Gasteiger partial charge in [0.2, 0.25) is 5.43 Å². The smallest absolute Gasteiger partial charge is 0.341 e. The van der Waals surface area contributed by atoms with Crippen LogP contribution in [0.25, 0.3) is 10.9 Å². The van der Waals surface area contributed by atoms with Crippen molar-refractivity contribution in [1.82, 2.24) is 4.57 Å². The fraction of sp³-hybridized carbons (Fsp3) is 0.524. The van der Waals surface area contributed by atoms with Crippen molar-refractivity contribution in [2.24, 2.45) is 17.6 Å². The minimum absolute atomic E-state index is 0.171. The van der Waals surface area contributed by atoms with Crippen molar-refractivity contribution in [3.8, 4) is 0 Å². The minimum Gasteiger partial charge on any atom is -0.477 e. The first kappa shape index (κ1) is 17.7. The summed E-state index contributed by atoms with van der Waals surface area (Å²) in [7, 11) is 0. The summed E-state index contributed by atoms with van der Waals surface area (Å²) in [6, 6.07) is 2.10. The molecule has 6 nitrogen and oxygen atoms in total. The number of fused-ring (bicyclic) bond motifs is 2. The average molecular weight is 385 g/mol. The Morgan fingerprint density at radius 3 is 2.71 bits per heavy atom. The van der Waals surface area contributed by atoms with Gasteiger partial charge in [-0.05, 0) is 50.5 Å². The normalized spacial score (nSPS) is 26.8. The molecule has 1 aromatic carbocycles. The Hall–Kier alpha value is -2.41. The van der Waals surface area contributed by atoms with E-state index >= 15 is 4.39 Å². The van der Waals surface area contributed by atoms with Gasteiger partial charge in [-0.15, -0.1) is 0 Å². The van der Waals surface area contributed by atoms with Gasteiger partial charge >= 0.3 is 5.97 Å². The monoisotopic (exact) mass is 385 g/mol. The molecular formula is C21H24FN3O3. The van der Waals surface area contributed by atoms with Crippen LogP contribution in [-0.2, 0) is 0 Å². The molecule has 28 heavy (non-hydrogen) atoms. The number of aromatic carboxylic acids is 1. The van der Waals surface area contributed by atoms with Gasteiger partial charge in [-0.3, -0.25) is 4.79 Å². The maximum atomic E-state index is 15.3. The summed E-state index contributed by atoms with van der Waals surface area (Å²) in [5, 5.41) is 9.61. The fourth-order valence-corrected chi connectivity index (χ4v) is 5.04. The molecule has 7 heteroatoms. The van der Waals surface area contributed by atoms with E-state index in [9.17, 15) is 14.7 Å². The second-order valence-electron chi connectivity index (χ2n) is 8.60. The third-order valence-electron chi connectivity index (χ3n) is 6.92. The Morgan fingerprint density at radius 2 is 2.07 bits per heavy atom. The average Bonchev–Trinajstić information content (AvgIpc) is 3.48. The zero-order chi connectivity index (χ0) is 19.7. The van der Waals surface area contributed by atoms with E-state index in [2.05, 4.69) is 4.90 Å². The molecule has 1 aliphatic heterocycles. The van der Waals surface area contributed by atoms with E-state index < -0.39 is 17.2 Å². The Labute approximate surface area is 161 Å². The van der Waals surface area contributed by atoms with Crippen molar-refractivity contribution in [3.63, 3.8) is 0 Å². The molecule has 0 unspecified atom stereocenters. The number of rotatable bonds is 3. The topological polar surface area (TPSA) is 88.6 Å². The maximum Gasteiger partial charge on any atom is 0.341 e. The van der Waals surface area contributed by atoms with Crippen molar-refractivity contribution in [3.05, 3.63) is 39.4 Å². The molecule has 0 amide bonds. The molecule has 2 aliphatic carbocycles. The van der Waals surface area contributed by atoms with E-state index in [-0.39, 0.29) is 28.6 Å². The lowest BCUT2D eigenvalue weighted by Crippen LogP contribution is -2.57. The number of anilines is 1. The quantitative estimate of drug-likeness (QED) is 0.848. The zero-order valence-electron chi connectivity index (χ0n) is 15.8. The van der Waals surface area contributed by atoms with E-state index in [0.717, 1.165) is 38.8 Å². The van der Waals surface area contributed by atoms with Crippen LogP contribution in [0.1, 0.15) is 47.6 Å². The van der Waals surface area contributed by atoms with Crippen molar-refractivity contribution < 1.29 is 14.3 Å². The molecule has 2 heterocycles. The predicted octanol–water partition coefficient (Wildman–Crippen LogP) is 2.66. The number of aryl methyl sites for hydroxylation is 1. The molecule has 148 valence electrons. The summed E-state index contributed by atoms with van der Waals surface area (Å²) in [6.45, 7) is 3.08. The van der Waals surface area contributed by atoms with Crippen molar-refractivity contribution in [2.75, 3.05) is 18.0 Å². The van der Waals surface area contributed by atoms with E-state index in [1.807, 2.05) is 4.57 Å². The van der Waals surface area contributed by atoms with Gasteiger partial charge in [-0.1, -0.05) is 0 Å². The molecule has 3 aliphatic rings. The second kappa shape index (κ2) is 6.04. The third kappa shape index (κ3) is 2.49. The maximum absolute atomic E-state index is 15.3. The highest BCUT2D eigenvalue weighted by molar-refractivity contribution is 5.95. The second-order valence-corrected chi connectivity index (χ2v) is 8.60. The lowest BCUT2D eigenvalue weighted by atomic mass is 9.66. The zero-order valence-corrected chi connectivity index (χ0v) is 15.8. The molecule has 0 bridgehead atoms. The number of hydrogen-bond donors (Lipinski definition) is 2. The van der Waals surface area contributed by atoms with Gasteiger partial charge in [0.1, 0.15) is 11.4 Å². The molecule has 3 atom stereocenters.